The average molecular weight is 363 g/mol. The Morgan fingerprint density at radius 3 is 2.00 bits per heavy atom. The zero-order valence-electron chi connectivity index (χ0n) is 15.5. The van der Waals surface area contributed by atoms with Gasteiger partial charge >= 0.3 is 5.97 Å². The first-order chi connectivity index (χ1) is 11.1. The van der Waals surface area contributed by atoms with Crippen LogP contribution >= 0.6 is 0 Å². The molecule has 0 aliphatic carbocycles. The molecule has 0 unspecified atom stereocenters. The molecular formula is C18H34O5S. The standard InChI is InChI=1S/C18H34O5S/c1-17(2,3)23-16(20)18(11-14-24(21,22)15-12-18)10-8-6-4-5-7-9-13-19/h19H,4-15H2,1-3H3. The first-order valence-corrected chi connectivity index (χ1v) is 11.0. The number of aliphatic hydroxyl groups is 1. The quantitative estimate of drug-likeness (QED) is 0.503. The molecule has 1 fully saturated rings. The number of hydrogen-bond donors (Lipinski definition) is 1. The third kappa shape index (κ3) is 7.51. The van der Waals surface area contributed by atoms with Crippen LogP contribution < -0.4 is 0 Å². The predicted octanol–water partition coefficient (Wildman–Crippen LogP) is 3.25. The van der Waals surface area contributed by atoms with Gasteiger partial charge in [0.2, 0.25) is 0 Å². The maximum Gasteiger partial charge on any atom is 0.312 e. The van der Waals surface area contributed by atoms with E-state index in [9.17, 15) is 13.2 Å². The van der Waals surface area contributed by atoms with Gasteiger partial charge in [0.1, 0.15) is 15.4 Å². The molecule has 1 aliphatic rings. The number of hydrogen-bond acceptors (Lipinski definition) is 5. The molecule has 6 heteroatoms. The Labute approximate surface area is 147 Å². The summed E-state index contributed by atoms with van der Waals surface area (Å²) >= 11 is 0. The molecule has 0 atom stereocenters. The molecule has 142 valence electrons. The molecule has 0 saturated carbocycles. The molecule has 0 spiro atoms. The van der Waals surface area contributed by atoms with Gasteiger partial charge in [-0.1, -0.05) is 32.1 Å². The highest BCUT2D eigenvalue weighted by Gasteiger charge is 2.45. The van der Waals surface area contributed by atoms with Crippen molar-refractivity contribution in [1.82, 2.24) is 0 Å². The predicted molar refractivity (Wildman–Crippen MR) is 95.6 cm³/mol. The van der Waals surface area contributed by atoms with Crippen molar-refractivity contribution >= 4 is 15.8 Å². The second-order valence-corrected chi connectivity index (χ2v) is 10.3. The number of aliphatic hydroxyl groups excluding tert-OH is 1. The van der Waals surface area contributed by atoms with Crippen molar-refractivity contribution in [3.05, 3.63) is 0 Å². The molecule has 1 aliphatic heterocycles. The van der Waals surface area contributed by atoms with Gasteiger partial charge in [0.15, 0.2) is 0 Å². The van der Waals surface area contributed by atoms with Crippen LogP contribution in [0.25, 0.3) is 0 Å². The second-order valence-electron chi connectivity index (χ2n) is 8.03. The number of unbranched alkanes of at least 4 members (excludes halogenated alkanes) is 5. The molecular weight excluding hydrogens is 328 g/mol. The molecule has 24 heavy (non-hydrogen) atoms. The lowest BCUT2D eigenvalue weighted by Gasteiger charge is -2.37. The van der Waals surface area contributed by atoms with E-state index in [0.717, 1.165) is 38.5 Å². The van der Waals surface area contributed by atoms with Crippen LogP contribution in [0.3, 0.4) is 0 Å². The maximum absolute atomic E-state index is 12.7. The van der Waals surface area contributed by atoms with E-state index in [4.69, 9.17) is 9.84 Å². The SMILES string of the molecule is CC(C)(C)OC(=O)C1(CCCCCCCCO)CCS(=O)(=O)CC1. The molecule has 0 aromatic rings. The molecule has 1 saturated heterocycles. The minimum atomic E-state index is -3.01. The number of esters is 1. The van der Waals surface area contributed by atoms with Gasteiger partial charge in [-0.05, 0) is 46.5 Å². The third-order valence-electron chi connectivity index (χ3n) is 4.68. The maximum atomic E-state index is 12.7. The second kappa shape index (κ2) is 9.18. The van der Waals surface area contributed by atoms with Crippen LogP contribution in [-0.2, 0) is 19.4 Å². The van der Waals surface area contributed by atoms with Gasteiger partial charge in [-0.15, -0.1) is 0 Å². The lowest BCUT2D eigenvalue weighted by Crippen LogP contribution is -2.43. The summed E-state index contributed by atoms with van der Waals surface area (Å²) in [5.74, 6) is -0.0592. The Bertz CT molecular complexity index is 476. The summed E-state index contributed by atoms with van der Waals surface area (Å²) in [4.78, 5) is 12.7. The van der Waals surface area contributed by atoms with E-state index in [1.807, 2.05) is 20.8 Å². The van der Waals surface area contributed by atoms with E-state index in [-0.39, 0.29) is 24.1 Å². The molecule has 1 heterocycles. The van der Waals surface area contributed by atoms with Crippen molar-refractivity contribution in [2.45, 2.75) is 84.2 Å². The number of carbonyl (C=O) groups excluding carboxylic acids is 1. The number of carbonyl (C=O) groups is 1. The van der Waals surface area contributed by atoms with Crippen molar-refractivity contribution in [3.8, 4) is 0 Å². The lowest BCUT2D eigenvalue weighted by atomic mass is 9.77. The van der Waals surface area contributed by atoms with Crippen molar-refractivity contribution in [2.75, 3.05) is 18.1 Å². The van der Waals surface area contributed by atoms with E-state index in [2.05, 4.69) is 0 Å². The van der Waals surface area contributed by atoms with E-state index < -0.39 is 20.9 Å². The Hall–Kier alpha value is -0.620. The highest BCUT2D eigenvalue weighted by molar-refractivity contribution is 7.91. The summed E-state index contributed by atoms with van der Waals surface area (Å²) in [6.45, 7) is 5.79. The smallest absolute Gasteiger partial charge is 0.312 e. The van der Waals surface area contributed by atoms with Gasteiger partial charge in [-0.25, -0.2) is 8.42 Å². The lowest BCUT2D eigenvalue weighted by molar-refractivity contribution is -0.169. The van der Waals surface area contributed by atoms with Gasteiger partial charge in [-0.3, -0.25) is 4.79 Å². The molecule has 0 aromatic heterocycles. The fourth-order valence-electron chi connectivity index (χ4n) is 3.15. The topological polar surface area (TPSA) is 80.7 Å². The van der Waals surface area contributed by atoms with Crippen LogP contribution in [-0.4, -0.2) is 43.2 Å². The number of sulfone groups is 1. The third-order valence-corrected chi connectivity index (χ3v) is 6.33. The fourth-order valence-corrected chi connectivity index (χ4v) is 4.76. The van der Waals surface area contributed by atoms with Crippen LogP contribution in [0.4, 0.5) is 0 Å². The molecule has 0 amide bonds. The van der Waals surface area contributed by atoms with Gasteiger partial charge in [0.25, 0.3) is 0 Å². The Morgan fingerprint density at radius 2 is 1.50 bits per heavy atom. The summed E-state index contributed by atoms with van der Waals surface area (Å²) in [5.41, 5.74) is -1.19. The van der Waals surface area contributed by atoms with E-state index in [1.165, 1.54) is 0 Å². The van der Waals surface area contributed by atoms with Crippen molar-refractivity contribution in [1.29, 1.82) is 0 Å². The first kappa shape index (κ1) is 21.4. The van der Waals surface area contributed by atoms with Gasteiger partial charge in [0, 0.05) is 6.61 Å². The highest BCUT2D eigenvalue weighted by Crippen LogP contribution is 2.40. The first-order valence-electron chi connectivity index (χ1n) is 9.15. The van der Waals surface area contributed by atoms with Crippen molar-refractivity contribution in [3.63, 3.8) is 0 Å². The van der Waals surface area contributed by atoms with Crippen LogP contribution in [0, 0.1) is 5.41 Å². The van der Waals surface area contributed by atoms with Crippen molar-refractivity contribution < 1.29 is 23.1 Å². The summed E-state index contributed by atoms with van der Waals surface area (Å²) in [7, 11) is -3.01. The Morgan fingerprint density at radius 1 is 1.00 bits per heavy atom. The molecule has 5 nitrogen and oxygen atoms in total. The van der Waals surface area contributed by atoms with Gasteiger partial charge in [0.05, 0.1) is 16.9 Å². The molecule has 0 radical (unpaired) electrons. The Balaban J connectivity index is 2.58. The zero-order chi connectivity index (χ0) is 18.3. The molecule has 0 bridgehead atoms. The monoisotopic (exact) mass is 362 g/mol. The minimum Gasteiger partial charge on any atom is -0.460 e. The van der Waals surface area contributed by atoms with Gasteiger partial charge in [-0.2, -0.15) is 0 Å². The fraction of sp³-hybridized carbons (Fsp3) is 0.944. The van der Waals surface area contributed by atoms with E-state index in [0.29, 0.717) is 19.3 Å². The van der Waals surface area contributed by atoms with Crippen LogP contribution in [0.1, 0.15) is 78.6 Å². The summed E-state index contributed by atoms with van der Waals surface area (Å²) < 4.78 is 29.1. The minimum absolute atomic E-state index is 0.0861. The number of rotatable bonds is 9. The van der Waals surface area contributed by atoms with Crippen LogP contribution in [0.15, 0.2) is 0 Å². The van der Waals surface area contributed by atoms with Crippen LogP contribution in [0.2, 0.25) is 0 Å². The molecule has 0 aromatic carbocycles. The highest BCUT2D eigenvalue weighted by atomic mass is 32.2. The summed E-state index contributed by atoms with van der Waals surface area (Å²) in [6.07, 6.45) is 7.48. The average Bonchev–Trinajstić information content (AvgIpc) is 2.46. The number of ether oxygens (including phenoxy) is 1. The molecule has 1 rings (SSSR count). The normalized spacial score (nSPS) is 19.8. The largest absolute Gasteiger partial charge is 0.460 e. The van der Waals surface area contributed by atoms with E-state index >= 15 is 0 Å². The zero-order valence-corrected chi connectivity index (χ0v) is 16.3. The summed E-state index contributed by atoms with van der Waals surface area (Å²) in [6, 6.07) is 0. The van der Waals surface area contributed by atoms with E-state index in [1.54, 1.807) is 0 Å². The van der Waals surface area contributed by atoms with Crippen molar-refractivity contribution in [2.24, 2.45) is 5.41 Å². The molecule has 1 N–H and O–H groups in total. The van der Waals surface area contributed by atoms with Crippen LogP contribution in [0.5, 0.6) is 0 Å². The Kier molecular flexibility index (Phi) is 8.20. The summed E-state index contributed by atoms with van der Waals surface area (Å²) in [5, 5.41) is 8.77. The van der Waals surface area contributed by atoms with Gasteiger partial charge < -0.3 is 9.84 Å².